The van der Waals surface area contributed by atoms with Crippen LogP contribution in [0.15, 0.2) is 47.9 Å². The molecule has 2 aliphatic rings. The Balaban J connectivity index is 2.16. The highest BCUT2D eigenvalue weighted by Gasteiger charge is 2.28. The van der Waals surface area contributed by atoms with Crippen LogP contribution in [-0.2, 0) is 4.79 Å². The number of nitrogens with zero attached hydrogens (tertiary/aromatic N) is 1. The molecule has 0 bridgehead atoms. The number of benzene rings is 1. The summed E-state index contributed by atoms with van der Waals surface area (Å²) >= 11 is 0. The monoisotopic (exact) mass is 213 g/mol. The number of ether oxygens (including phenoxy) is 1. The standard InChI is InChI=1S/C13H11NO2/c1-14-9-5-2-3-7-11(9)16-12-8-4-6-10(15)13(12)14/h2-5,7-8H,6H2,1H3. The van der Waals surface area contributed by atoms with Gasteiger partial charge in [0.2, 0.25) is 0 Å². The predicted molar refractivity (Wildman–Crippen MR) is 61.3 cm³/mol. The van der Waals surface area contributed by atoms with Crippen molar-refractivity contribution in [2.75, 3.05) is 11.9 Å². The second-order valence-corrected chi connectivity index (χ2v) is 3.87. The van der Waals surface area contributed by atoms with E-state index in [1.807, 2.05) is 48.4 Å². The van der Waals surface area contributed by atoms with Crippen LogP contribution < -0.4 is 9.64 Å². The molecule has 1 aliphatic heterocycles. The number of rotatable bonds is 0. The fraction of sp³-hybridized carbons (Fsp3) is 0.154. The molecule has 3 nitrogen and oxygen atoms in total. The van der Waals surface area contributed by atoms with Crippen molar-refractivity contribution in [3.8, 4) is 5.75 Å². The van der Waals surface area contributed by atoms with E-state index in [-0.39, 0.29) is 5.78 Å². The zero-order valence-corrected chi connectivity index (χ0v) is 8.93. The third-order valence-electron chi connectivity index (χ3n) is 2.85. The second-order valence-electron chi connectivity index (χ2n) is 3.87. The molecule has 3 heteroatoms. The lowest BCUT2D eigenvalue weighted by molar-refractivity contribution is -0.115. The van der Waals surface area contributed by atoms with Crippen LogP contribution in [0.25, 0.3) is 0 Å². The van der Waals surface area contributed by atoms with E-state index in [4.69, 9.17) is 4.74 Å². The third-order valence-corrected chi connectivity index (χ3v) is 2.85. The van der Waals surface area contributed by atoms with E-state index >= 15 is 0 Å². The van der Waals surface area contributed by atoms with Gasteiger partial charge < -0.3 is 9.64 Å². The third kappa shape index (κ3) is 1.18. The Morgan fingerprint density at radius 2 is 2.12 bits per heavy atom. The van der Waals surface area contributed by atoms with E-state index in [1.165, 1.54) is 0 Å². The van der Waals surface area contributed by atoms with Crippen LogP contribution in [-0.4, -0.2) is 12.8 Å². The van der Waals surface area contributed by atoms with E-state index in [1.54, 1.807) is 0 Å². The van der Waals surface area contributed by atoms with Gasteiger partial charge in [0.1, 0.15) is 5.70 Å². The summed E-state index contributed by atoms with van der Waals surface area (Å²) in [5.74, 6) is 1.55. The normalized spacial score (nSPS) is 18.1. The molecule has 0 radical (unpaired) electrons. The molecule has 1 heterocycles. The lowest BCUT2D eigenvalue weighted by Crippen LogP contribution is -2.30. The molecule has 3 rings (SSSR count). The molecule has 0 atom stereocenters. The van der Waals surface area contributed by atoms with Crippen molar-refractivity contribution in [1.82, 2.24) is 0 Å². The molecule has 0 saturated heterocycles. The fourth-order valence-corrected chi connectivity index (χ4v) is 2.08. The molecule has 1 aromatic carbocycles. The molecule has 1 aliphatic carbocycles. The summed E-state index contributed by atoms with van der Waals surface area (Å²) in [5, 5.41) is 0. The van der Waals surface area contributed by atoms with Gasteiger partial charge in [0.15, 0.2) is 17.3 Å². The Morgan fingerprint density at radius 1 is 1.31 bits per heavy atom. The molecular weight excluding hydrogens is 202 g/mol. The number of ketones is 1. The van der Waals surface area contributed by atoms with Gasteiger partial charge in [-0.2, -0.15) is 0 Å². The summed E-state index contributed by atoms with van der Waals surface area (Å²) in [4.78, 5) is 13.7. The molecule has 0 saturated carbocycles. The maximum Gasteiger partial charge on any atom is 0.186 e. The number of hydrogen-bond donors (Lipinski definition) is 0. The maximum absolute atomic E-state index is 11.8. The number of hydrogen-bond acceptors (Lipinski definition) is 3. The summed E-state index contributed by atoms with van der Waals surface area (Å²) in [6.45, 7) is 0. The first-order valence-corrected chi connectivity index (χ1v) is 5.22. The minimum atomic E-state index is 0.106. The van der Waals surface area contributed by atoms with Crippen molar-refractivity contribution in [2.24, 2.45) is 0 Å². The smallest absolute Gasteiger partial charge is 0.186 e. The van der Waals surface area contributed by atoms with E-state index in [0.29, 0.717) is 17.9 Å². The van der Waals surface area contributed by atoms with Crippen LogP contribution >= 0.6 is 0 Å². The topological polar surface area (TPSA) is 29.5 Å². The van der Waals surface area contributed by atoms with Gasteiger partial charge >= 0.3 is 0 Å². The van der Waals surface area contributed by atoms with Crippen molar-refractivity contribution >= 4 is 11.5 Å². The van der Waals surface area contributed by atoms with Gasteiger partial charge in [-0.05, 0) is 18.2 Å². The molecule has 1 aromatic rings. The van der Waals surface area contributed by atoms with Crippen molar-refractivity contribution in [3.05, 3.63) is 47.9 Å². The molecule has 0 aromatic heterocycles. The molecule has 0 N–H and O–H groups in total. The largest absolute Gasteiger partial charge is 0.453 e. The Morgan fingerprint density at radius 3 is 3.00 bits per heavy atom. The quantitative estimate of drug-likeness (QED) is 0.662. The lowest BCUT2D eigenvalue weighted by Gasteiger charge is -2.31. The Kier molecular flexibility index (Phi) is 1.86. The summed E-state index contributed by atoms with van der Waals surface area (Å²) in [6, 6.07) is 7.72. The summed E-state index contributed by atoms with van der Waals surface area (Å²) in [6.07, 6.45) is 4.15. The second kappa shape index (κ2) is 3.23. The number of anilines is 1. The number of para-hydroxylation sites is 2. The number of likely N-dealkylation sites (N-methyl/N-ethyl adjacent to an activating group) is 1. The zero-order valence-electron chi connectivity index (χ0n) is 8.93. The van der Waals surface area contributed by atoms with E-state index in [2.05, 4.69) is 0 Å². The number of carbonyl (C=O) groups excluding carboxylic acids is 1. The highest BCUT2D eigenvalue weighted by molar-refractivity contribution is 6.02. The van der Waals surface area contributed by atoms with Crippen molar-refractivity contribution < 1.29 is 9.53 Å². The number of Topliss-reactive ketones (excluding diaryl/α,β-unsaturated/α-hetero) is 1. The number of carbonyl (C=O) groups is 1. The first kappa shape index (κ1) is 9.21. The van der Waals surface area contributed by atoms with Gasteiger partial charge in [-0.15, -0.1) is 0 Å². The maximum atomic E-state index is 11.8. The Bertz CT molecular complexity index is 528. The lowest BCUT2D eigenvalue weighted by atomic mass is 10.0. The molecule has 16 heavy (non-hydrogen) atoms. The fourth-order valence-electron chi connectivity index (χ4n) is 2.08. The molecule has 0 fully saturated rings. The average molecular weight is 213 g/mol. The van der Waals surface area contributed by atoms with Gasteiger partial charge in [-0.1, -0.05) is 18.2 Å². The summed E-state index contributed by atoms with van der Waals surface area (Å²) < 4.78 is 5.71. The van der Waals surface area contributed by atoms with Gasteiger partial charge in [0, 0.05) is 13.5 Å². The van der Waals surface area contributed by atoms with Crippen LogP contribution in [0.1, 0.15) is 6.42 Å². The SMILES string of the molecule is CN1C2=C(C=CCC2=O)Oc2ccccc21. The first-order chi connectivity index (χ1) is 7.77. The van der Waals surface area contributed by atoms with Gasteiger partial charge in [0.05, 0.1) is 5.69 Å². The Hall–Kier alpha value is -2.03. The van der Waals surface area contributed by atoms with Crippen LogP contribution in [0.4, 0.5) is 5.69 Å². The van der Waals surface area contributed by atoms with E-state index in [0.717, 1.165) is 11.4 Å². The van der Waals surface area contributed by atoms with E-state index < -0.39 is 0 Å². The molecular formula is C13H11NO2. The summed E-state index contributed by atoms with van der Waals surface area (Å²) in [5.41, 5.74) is 1.59. The predicted octanol–water partition coefficient (Wildman–Crippen LogP) is 2.26. The molecule has 0 spiro atoms. The van der Waals surface area contributed by atoms with Crippen molar-refractivity contribution in [3.63, 3.8) is 0 Å². The van der Waals surface area contributed by atoms with Crippen molar-refractivity contribution in [2.45, 2.75) is 6.42 Å². The zero-order chi connectivity index (χ0) is 11.1. The van der Waals surface area contributed by atoms with Crippen LogP contribution in [0.3, 0.4) is 0 Å². The first-order valence-electron chi connectivity index (χ1n) is 5.22. The minimum absolute atomic E-state index is 0.106. The van der Waals surface area contributed by atoms with Gasteiger partial charge in [-0.25, -0.2) is 0 Å². The highest BCUT2D eigenvalue weighted by Crippen LogP contribution is 2.38. The number of allylic oxidation sites excluding steroid dienone is 3. The summed E-state index contributed by atoms with van der Waals surface area (Å²) in [7, 11) is 1.90. The van der Waals surface area contributed by atoms with E-state index in [9.17, 15) is 4.79 Å². The Labute approximate surface area is 93.6 Å². The average Bonchev–Trinajstić information content (AvgIpc) is 2.29. The van der Waals surface area contributed by atoms with Crippen LogP contribution in [0.5, 0.6) is 5.75 Å². The minimum Gasteiger partial charge on any atom is -0.453 e. The van der Waals surface area contributed by atoms with Crippen LogP contribution in [0.2, 0.25) is 0 Å². The molecule has 0 unspecified atom stereocenters. The highest BCUT2D eigenvalue weighted by atomic mass is 16.5. The van der Waals surface area contributed by atoms with Crippen molar-refractivity contribution in [1.29, 1.82) is 0 Å². The number of fused-ring (bicyclic) bond motifs is 1. The van der Waals surface area contributed by atoms with Gasteiger partial charge in [0.25, 0.3) is 0 Å². The van der Waals surface area contributed by atoms with Gasteiger partial charge in [-0.3, -0.25) is 4.79 Å². The van der Waals surface area contributed by atoms with Crippen LogP contribution in [0, 0.1) is 0 Å². The molecule has 80 valence electrons. The molecule has 0 amide bonds.